The van der Waals surface area contributed by atoms with Crippen molar-refractivity contribution in [3.63, 3.8) is 0 Å². The van der Waals surface area contributed by atoms with Crippen molar-refractivity contribution in [2.24, 2.45) is 0 Å². The molecule has 68 heavy (non-hydrogen) atoms. The molecule has 3 heteroatoms. The van der Waals surface area contributed by atoms with Crippen molar-refractivity contribution in [3.05, 3.63) is 261 Å². The molecular weight excluding hydrogens is 823 g/mol. The average Bonchev–Trinajstić information content (AvgIpc) is 3.94. The van der Waals surface area contributed by atoms with E-state index in [4.69, 9.17) is 4.98 Å². The Labute approximate surface area is 395 Å². The summed E-state index contributed by atoms with van der Waals surface area (Å²) in [5.74, 6) is 0. The Hall–Kier alpha value is -9.05. The Bertz CT molecular complexity index is 3660. The Morgan fingerprint density at radius 3 is 0.926 bits per heavy atom. The van der Waals surface area contributed by atoms with Crippen LogP contribution in [0.4, 0.5) is 0 Å². The summed E-state index contributed by atoms with van der Waals surface area (Å²) in [6, 6.07) is 94.2. The van der Waals surface area contributed by atoms with Gasteiger partial charge in [0.25, 0.3) is 0 Å². The number of rotatable bonds is 8. The Morgan fingerprint density at radius 1 is 0.221 bits per heavy atom. The molecule has 0 atom stereocenters. The second-order valence-electron chi connectivity index (χ2n) is 17.5. The van der Waals surface area contributed by atoms with E-state index >= 15 is 0 Å². The summed E-state index contributed by atoms with van der Waals surface area (Å²) in [6.07, 6.45) is 0. The second kappa shape index (κ2) is 16.4. The molecule has 0 fully saturated rings. The lowest BCUT2D eigenvalue weighted by Gasteiger charge is -2.17. The van der Waals surface area contributed by atoms with Crippen molar-refractivity contribution in [3.8, 4) is 78.4 Å². The van der Waals surface area contributed by atoms with Gasteiger partial charge in [0.15, 0.2) is 0 Å². The van der Waals surface area contributed by atoms with Gasteiger partial charge in [-0.3, -0.25) is 0 Å². The zero-order valence-corrected chi connectivity index (χ0v) is 37.2. The molecule has 13 aromatic rings. The largest absolute Gasteiger partial charge is 0.309 e. The number of hydrogen-bond donors (Lipinski definition) is 0. The minimum absolute atomic E-state index is 0.910. The van der Waals surface area contributed by atoms with Crippen molar-refractivity contribution < 1.29 is 0 Å². The number of pyridine rings is 1. The van der Waals surface area contributed by atoms with Gasteiger partial charge in [0.05, 0.1) is 44.8 Å². The molecule has 318 valence electrons. The fourth-order valence-corrected chi connectivity index (χ4v) is 10.4. The standard InChI is InChI=1S/C65H43N3/c1-3-20-44(21-4-1)46-38-48(52-24-7-13-32-60(52)67-62-34-15-9-26-54(62)55-27-10-16-35-63(55)67)42-50(40-46)58-30-19-31-59(66-58)51-41-47(45-22-5-2-6-23-45)39-49(43-51)53-25-8-14-33-61(53)68-64-36-17-11-28-56(64)57-29-12-18-37-65(57)68/h1-43H. The lowest BCUT2D eigenvalue weighted by Crippen LogP contribution is -1.98. The molecule has 10 aromatic carbocycles. The van der Waals surface area contributed by atoms with Gasteiger partial charge >= 0.3 is 0 Å². The van der Waals surface area contributed by atoms with Crippen molar-refractivity contribution in [2.45, 2.75) is 0 Å². The van der Waals surface area contributed by atoms with Gasteiger partial charge in [0.2, 0.25) is 0 Å². The van der Waals surface area contributed by atoms with E-state index in [1.54, 1.807) is 0 Å². The first-order valence-electron chi connectivity index (χ1n) is 23.3. The van der Waals surface area contributed by atoms with Crippen LogP contribution in [0.15, 0.2) is 261 Å². The van der Waals surface area contributed by atoms with Crippen LogP contribution in [0.1, 0.15) is 0 Å². The Morgan fingerprint density at radius 2 is 0.529 bits per heavy atom. The molecule has 0 saturated heterocycles. The predicted molar refractivity (Wildman–Crippen MR) is 286 cm³/mol. The van der Waals surface area contributed by atoms with Gasteiger partial charge in [0, 0.05) is 43.8 Å². The maximum atomic E-state index is 5.55. The van der Waals surface area contributed by atoms with E-state index in [0.717, 1.165) is 78.4 Å². The van der Waals surface area contributed by atoms with Gasteiger partial charge in [0.1, 0.15) is 0 Å². The normalized spacial score (nSPS) is 11.5. The first-order valence-corrected chi connectivity index (χ1v) is 23.3. The van der Waals surface area contributed by atoms with E-state index in [0.29, 0.717) is 0 Å². The predicted octanol–water partition coefficient (Wildman–Crippen LogP) is 17.3. The smallest absolute Gasteiger partial charge is 0.0709 e. The summed E-state index contributed by atoms with van der Waals surface area (Å²) in [5.41, 5.74) is 20.1. The summed E-state index contributed by atoms with van der Waals surface area (Å²) in [5, 5.41) is 4.97. The van der Waals surface area contributed by atoms with Crippen molar-refractivity contribution in [1.29, 1.82) is 0 Å². The molecule has 0 unspecified atom stereocenters. The lowest BCUT2D eigenvalue weighted by atomic mass is 9.93. The van der Waals surface area contributed by atoms with Gasteiger partial charge in [-0.15, -0.1) is 0 Å². The molecule has 0 radical (unpaired) electrons. The number of para-hydroxylation sites is 6. The van der Waals surface area contributed by atoms with E-state index in [-0.39, 0.29) is 0 Å². The van der Waals surface area contributed by atoms with Gasteiger partial charge in [-0.25, -0.2) is 4.98 Å². The quantitative estimate of drug-likeness (QED) is 0.149. The third-order valence-electron chi connectivity index (χ3n) is 13.5. The van der Waals surface area contributed by atoms with E-state index < -0.39 is 0 Å². The van der Waals surface area contributed by atoms with Crippen LogP contribution in [-0.4, -0.2) is 14.1 Å². The first-order chi connectivity index (χ1) is 33.7. The highest BCUT2D eigenvalue weighted by molar-refractivity contribution is 6.11. The molecule has 3 aromatic heterocycles. The van der Waals surface area contributed by atoms with Crippen LogP contribution in [0.25, 0.3) is 122 Å². The number of benzene rings is 10. The number of fused-ring (bicyclic) bond motifs is 6. The van der Waals surface area contributed by atoms with E-state index in [9.17, 15) is 0 Å². The Balaban J connectivity index is 0.986. The minimum Gasteiger partial charge on any atom is -0.309 e. The number of nitrogens with zero attached hydrogens (tertiary/aromatic N) is 3. The number of aromatic nitrogens is 3. The molecule has 0 aliphatic rings. The summed E-state index contributed by atoms with van der Waals surface area (Å²) in [7, 11) is 0. The third kappa shape index (κ3) is 6.71. The molecule has 0 aliphatic carbocycles. The summed E-state index contributed by atoms with van der Waals surface area (Å²) < 4.78 is 4.84. The summed E-state index contributed by atoms with van der Waals surface area (Å²) in [4.78, 5) is 5.55. The van der Waals surface area contributed by atoms with Crippen LogP contribution in [0, 0.1) is 0 Å². The second-order valence-corrected chi connectivity index (χ2v) is 17.5. The molecule has 0 saturated carbocycles. The van der Waals surface area contributed by atoms with Crippen LogP contribution < -0.4 is 0 Å². The lowest BCUT2D eigenvalue weighted by molar-refractivity contribution is 1.18. The molecule has 3 heterocycles. The van der Waals surface area contributed by atoms with Gasteiger partial charge in [-0.1, -0.05) is 176 Å². The Kier molecular flexibility index (Phi) is 9.50. The van der Waals surface area contributed by atoms with E-state index in [2.05, 4.69) is 270 Å². The monoisotopic (exact) mass is 865 g/mol. The van der Waals surface area contributed by atoms with Crippen LogP contribution in [0.3, 0.4) is 0 Å². The van der Waals surface area contributed by atoms with Gasteiger partial charge in [-0.2, -0.15) is 0 Å². The zero-order valence-electron chi connectivity index (χ0n) is 37.2. The van der Waals surface area contributed by atoms with Crippen molar-refractivity contribution in [2.75, 3.05) is 0 Å². The minimum atomic E-state index is 0.910. The molecule has 0 N–H and O–H groups in total. The zero-order chi connectivity index (χ0) is 45.0. The average molecular weight is 866 g/mol. The topological polar surface area (TPSA) is 22.8 Å². The fraction of sp³-hybridized carbons (Fsp3) is 0. The van der Waals surface area contributed by atoms with Crippen molar-refractivity contribution >= 4 is 43.6 Å². The molecular formula is C65H43N3. The molecule has 0 amide bonds. The highest BCUT2D eigenvalue weighted by Crippen LogP contribution is 2.42. The van der Waals surface area contributed by atoms with Crippen LogP contribution in [-0.2, 0) is 0 Å². The van der Waals surface area contributed by atoms with Crippen LogP contribution >= 0.6 is 0 Å². The van der Waals surface area contributed by atoms with Gasteiger partial charge < -0.3 is 9.13 Å². The SMILES string of the molecule is c1ccc(-c2cc(-c3cccc(-c4cc(-c5ccccc5)cc(-c5ccccc5-n5c6ccccc6c6ccccc65)c4)n3)cc(-c3ccccc3-n3c4ccccc4c4ccccc43)c2)cc1. The first kappa shape index (κ1) is 39.3. The summed E-state index contributed by atoms with van der Waals surface area (Å²) in [6.45, 7) is 0. The molecule has 13 rings (SSSR count). The maximum absolute atomic E-state index is 5.55. The molecule has 0 aliphatic heterocycles. The molecule has 0 bridgehead atoms. The van der Waals surface area contributed by atoms with E-state index in [1.807, 2.05) is 0 Å². The van der Waals surface area contributed by atoms with Crippen LogP contribution in [0.2, 0.25) is 0 Å². The number of hydrogen-bond acceptors (Lipinski definition) is 1. The van der Waals surface area contributed by atoms with Crippen LogP contribution in [0.5, 0.6) is 0 Å². The van der Waals surface area contributed by atoms with E-state index in [1.165, 1.54) is 43.6 Å². The highest BCUT2D eigenvalue weighted by Gasteiger charge is 2.19. The van der Waals surface area contributed by atoms with Gasteiger partial charge in [-0.05, 0) is 118 Å². The third-order valence-corrected chi connectivity index (χ3v) is 13.5. The highest BCUT2D eigenvalue weighted by atomic mass is 15.0. The summed E-state index contributed by atoms with van der Waals surface area (Å²) >= 11 is 0. The molecule has 3 nitrogen and oxygen atoms in total. The van der Waals surface area contributed by atoms with Crippen molar-refractivity contribution in [1.82, 2.24) is 14.1 Å². The molecule has 0 spiro atoms. The fourth-order valence-electron chi connectivity index (χ4n) is 10.4. The maximum Gasteiger partial charge on any atom is 0.0709 e.